The number of fused-ring (bicyclic) bond motifs is 1. The standard InChI is InChI=1S/C20H23N5O/c1-16-20-23-14-18(7-12-26-19-6-2-3-9-22-19)25(20)11-10-24(16)15-17-5-4-8-21-13-17/h2-6,8-9,13-14,16H,7,10-12,15H2,1H3/t16-/m1/s1. The van der Waals surface area contributed by atoms with Gasteiger partial charge in [-0.2, -0.15) is 0 Å². The van der Waals surface area contributed by atoms with Crippen LogP contribution >= 0.6 is 0 Å². The lowest BCUT2D eigenvalue weighted by Gasteiger charge is -2.34. The van der Waals surface area contributed by atoms with E-state index in [9.17, 15) is 0 Å². The number of ether oxygens (including phenoxy) is 1. The Labute approximate surface area is 153 Å². The second-order valence-corrected chi connectivity index (χ2v) is 6.53. The molecule has 3 aromatic rings. The summed E-state index contributed by atoms with van der Waals surface area (Å²) >= 11 is 0. The van der Waals surface area contributed by atoms with Crippen LogP contribution in [0, 0.1) is 0 Å². The quantitative estimate of drug-likeness (QED) is 0.685. The normalized spacial score (nSPS) is 17.0. The second kappa shape index (κ2) is 7.66. The first-order valence-corrected chi connectivity index (χ1v) is 9.02. The number of aromatic nitrogens is 4. The molecule has 26 heavy (non-hydrogen) atoms. The van der Waals surface area contributed by atoms with Gasteiger partial charge < -0.3 is 9.30 Å². The molecule has 134 valence electrons. The summed E-state index contributed by atoms with van der Waals surface area (Å²) in [6, 6.07) is 10.1. The number of rotatable bonds is 6. The zero-order valence-electron chi connectivity index (χ0n) is 15.0. The van der Waals surface area contributed by atoms with Gasteiger partial charge in [0.2, 0.25) is 5.88 Å². The van der Waals surface area contributed by atoms with Crippen molar-refractivity contribution in [3.8, 4) is 5.88 Å². The highest BCUT2D eigenvalue weighted by Gasteiger charge is 2.26. The van der Waals surface area contributed by atoms with Crippen molar-refractivity contribution in [2.45, 2.75) is 32.5 Å². The van der Waals surface area contributed by atoms with Crippen molar-refractivity contribution in [2.75, 3.05) is 13.2 Å². The maximum atomic E-state index is 5.73. The van der Waals surface area contributed by atoms with E-state index in [4.69, 9.17) is 4.74 Å². The van der Waals surface area contributed by atoms with E-state index in [1.807, 2.05) is 42.9 Å². The summed E-state index contributed by atoms with van der Waals surface area (Å²) in [4.78, 5) is 15.5. The van der Waals surface area contributed by atoms with Crippen molar-refractivity contribution < 1.29 is 4.74 Å². The largest absolute Gasteiger partial charge is 0.477 e. The van der Waals surface area contributed by atoms with Crippen LogP contribution in [0.3, 0.4) is 0 Å². The third-order valence-electron chi connectivity index (χ3n) is 4.86. The zero-order valence-corrected chi connectivity index (χ0v) is 15.0. The summed E-state index contributed by atoms with van der Waals surface area (Å²) in [6.07, 6.45) is 8.32. The van der Waals surface area contributed by atoms with Crippen LogP contribution in [0.25, 0.3) is 0 Å². The van der Waals surface area contributed by atoms with Crippen molar-refractivity contribution >= 4 is 0 Å². The Kier molecular flexibility index (Phi) is 4.93. The molecule has 0 radical (unpaired) electrons. The molecule has 6 nitrogen and oxygen atoms in total. The fourth-order valence-corrected chi connectivity index (χ4v) is 3.44. The van der Waals surface area contributed by atoms with E-state index in [1.54, 1.807) is 6.20 Å². The predicted molar refractivity (Wildman–Crippen MR) is 98.7 cm³/mol. The Hall–Kier alpha value is -2.73. The van der Waals surface area contributed by atoms with Crippen LogP contribution in [0.4, 0.5) is 0 Å². The van der Waals surface area contributed by atoms with Crippen LogP contribution in [-0.4, -0.2) is 37.6 Å². The van der Waals surface area contributed by atoms with E-state index in [1.165, 1.54) is 11.3 Å². The molecule has 0 saturated heterocycles. The molecule has 0 spiro atoms. The van der Waals surface area contributed by atoms with Crippen LogP contribution in [0.2, 0.25) is 0 Å². The third kappa shape index (κ3) is 3.60. The topological polar surface area (TPSA) is 56.1 Å². The van der Waals surface area contributed by atoms with E-state index in [-0.39, 0.29) is 6.04 Å². The minimum atomic E-state index is 0.286. The van der Waals surface area contributed by atoms with Crippen LogP contribution < -0.4 is 4.74 Å². The van der Waals surface area contributed by atoms with Crippen molar-refractivity contribution in [1.82, 2.24) is 24.4 Å². The number of hydrogen-bond donors (Lipinski definition) is 0. The van der Waals surface area contributed by atoms with Crippen molar-refractivity contribution in [1.29, 1.82) is 0 Å². The van der Waals surface area contributed by atoms with Gasteiger partial charge in [-0.1, -0.05) is 12.1 Å². The fourth-order valence-electron chi connectivity index (χ4n) is 3.44. The smallest absolute Gasteiger partial charge is 0.213 e. The Morgan fingerprint density at radius 3 is 2.85 bits per heavy atom. The molecule has 0 aromatic carbocycles. The highest BCUT2D eigenvalue weighted by Crippen LogP contribution is 2.26. The summed E-state index contributed by atoms with van der Waals surface area (Å²) in [7, 11) is 0. The summed E-state index contributed by atoms with van der Waals surface area (Å²) < 4.78 is 8.07. The summed E-state index contributed by atoms with van der Waals surface area (Å²) in [5, 5.41) is 0. The minimum absolute atomic E-state index is 0.286. The van der Waals surface area contributed by atoms with E-state index in [0.717, 1.165) is 31.9 Å². The lowest BCUT2D eigenvalue weighted by atomic mass is 10.1. The van der Waals surface area contributed by atoms with E-state index in [0.29, 0.717) is 12.5 Å². The molecule has 1 atom stereocenters. The molecule has 0 fully saturated rings. The molecule has 0 aliphatic carbocycles. The molecule has 0 bridgehead atoms. The average molecular weight is 349 g/mol. The molecule has 1 aliphatic rings. The van der Waals surface area contributed by atoms with Gasteiger partial charge >= 0.3 is 0 Å². The van der Waals surface area contributed by atoms with E-state index in [2.05, 4.69) is 37.4 Å². The molecule has 1 aliphatic heterocycles. The first-order chi connectivity index (χ1) is 12.8. The van der Waals surface area contributed by atoms with Gasteiger partial charge in [-0.15, -0.1) is 0 Å². The molecular weight excluding hydrogens is 326 g/mol. The SMILES string of the molecule is C[C@@H]1c2ncc(CCOc3ccccn3)n2CCN1Cc1cccnc1. The molecule has 4 heterocycles. The third-order valence-corrected chi connectivity index (χ3v) is 4.86. The Bertz CT molecular complexity index is 834. The van der Waals surface area contributed by atoms with Crippen LogP contribution in [0.15, 0.2) is 55.1 Å². The lowest BCUT2D eigenvalue weighted by Crippen LogP contribution is -2.37. The van der Waals surface area contributed by atoms with E-state index >= 15 is 0 Å². The van der Waals surface area contributed by atoms with Gasteiger partial charge in [-0.3, -0.25) is 9.88 Å². The predicted octanol–water partition coefficient (Wildman–Crippen LogP) is 2.87. The average Bonchev–Trinajstić information content (AvgIpc) is 3.10. The van der Waals surface area contributed by atoms with Crippen molar-refractivity contribution in [3.05, 3.63) is 72.2 Å². The molecular formula is C20H23N5O. The molecule has 0 saturated carbocycles. The van der Waals surface area contributed by atoms with Gasteiger partial charge in [0, 0.05) is 62.6 Å². The molecule has 0 N–H and O–H groups in total. The molecule has 0 unspecified atom stereocenters. The monoisotopic (exact) mass is 349 g/mol. The maximum Gasteiger partial charge on any atom is 0.213 e. The van der Waals surface area contributed by atoms with E-state index < -0.39 is 0 Å². The minimum Gasteiger partial charge on any atom is -0.477 e. The molecule has 3 aromatic heterocycles. The first kappa shape index (κ1) is 16.7. The van der Waals surface area contributed by atoms with Gasteiger partial charge in [0.05, 0.1) is 12.6 Å². The molecule has 6 heteroatoms. The second-order valence-electron chi connectivity index (χ2n) is 6.53. The first-order valence-electron chi connectivity index (χ1n) is 9.02. The van der Waals surface area contributed by atoms with Gasteiger partial charge in [-0.05, 0) is 24.6 Å². The highest BCUT2D eigenvalue weighted by molar-refractivity contribution is 5.14. The zero-order chi connectivity index (χ0) is 17.8. The van der Waals surface area contributed by atoms with Gasteiger partial charge in [0.15, 0.2) is 0 Å². The highest BCUT2D eigenvalue weighted by atomic mass is 16.5. The van der Waals surface area contributed by atoms with Crippen LogP contribution in [0.1, 0.15) is 30.0 Å². The van der Waals surface area contributed by atoms with Gasteiger partial charge in [-0.25, -0.2) is 9.97 Å². The number of imidazole rings is 1. The summed E-state index contributed by atoms with van der Waals surface area (Å²) in [5.74, 6) is 1.80. The number of pyridine rings is 2. The molecule has 4 rings (SSSR count). The summed E-state index contributed by atoms with van der Waals surface area (Å²) in [5.41, 5.74) is 2.46. The number of nitrogens with zero attached hydrogens (tertiary/aromatic N) is 5. The summed E-state index contributed by atoms with van der Waals surface area (Å²) in [6.45, 7) is 5.70. The van der Waals surface area contributed by atoms with Gasteiger partial charge in [0.25, 0.3) is 0 Å². The van der Waals surface area contributed by atoms with Crippen LogP contribution in [0.5, 0.6) is 5.88 Å². The van der Waals surface area contributed by atoms with Gasteiger partial charge in [0.1, 0.15) is 5.82 Å². The van der Waals surface area contributed by atoms with Crippen molar-refractivity contribution in [3.63, 3.8) is 0 Å². The number of hydrogen-bond acceptors (Lipinski definition) is 5. The molecule has 0 amide bonds. The van der Waals surface area contributed by atoms with Crippen molar-refractivity contribution in [2.24, 2.45) is 0 Å². The maximum absolute atomic E-state index is 5.73. The Balaban J connectivity index is 1.39. The Morgan fingerprint density at radius 1 is 1.08 bits per heavy atom. The Morgan fingerprint density at radius 2 is 2.04 bits per heavy atom. The van der Waals surface area contributed by atoms with Crippen LogP contribution in [-0.2, 0) is 19.5 Å². The lowest BCUT2D eigenvalue weighted by molar-refractivity contribution is 0.154. The fraction of sp³-hybridized carbons (Fsp3) is 0.350.